The number of anilines is 2. The summed E-state index contributed by atoms with van der Waals surface area (Å²) in [5.74, 6) is 1.06. The molecule has 2 aliphatic heterocycles. The molecule has 4 aromatic rings. The largest absolute Gasteiger partial charge is 0.458 e. The molecule has 2 aliphatic rings. The Labute approximate surface area is 271 Å². The summed E-state index contributed by atoms with van der Waals surface area (Å²) < 4.78 is 34.2. The number of nitrogens with zero attached hydrogens (tertiary/aromatic N) is 5. The van der Waals surface area contributed by atoms with Crippen LogP contribution in [-0.2, 0) is 26.0 Å². The molecular weight excluding hydrogens is 620 g/mol. The molecule has 47 heavy (non-hydrogen) atoms. The first kappa shape index (κ1) is 31.5. The molecule has 0 aliphatic carbocycles. The van der Waals surface area contributed by atoms with Crippen molar-refractivity contribution < 1.29 is 22.7 Å². The number of amides is 3. The van der Waals surface area contributed by atoms with Gasteiger partial charge in [0.05, 0.1) is 29.0 Å². The number of sulfonamides is 1. The zero-order valence-electron chi connectivity index (χ0n) is 26.1. The van der Waals surface area contributed by atoms with Gasteiger partial charge < -0.3 is 10.1 Å². The van der Waals surface area contributed by atoms with Crippen LogP contribution in [0.5, 0.6) is 5.75 Å². The van der Waals surface area contributed by atoms with Crippen LogP contribution in [-0.4, -0.2) is 61.5 Å². The summed E-state index contributed by atoms with van der Waals surface area (Å²) in [6, 6.07) is 18.6. The van der Waals surface area contributed by atoms with Crippen molar-refractivity contribution in [3.05, 3.63) is 89.8 Å². The number of allylic oxidation sites excluding steroid dienone is 1. The van der Waals surface area contributed by atoms with Crippen molar-refractivity contribution in [3.63, 3.8) is 0 Å². The van der Waals surface area contributed by atoms with E-state index in [1.54, 1.807) is 47.2 Å². The lowest BCUT2D eigenvalue weighted by Crippen LogP contribution is -2.30. The van der Waals surface area contributed by atoms with Gasteiger partial charge in [0.15, 0.2) is 11.9 Å². The molecule has 1 unspecified atom stereocenters. The normalized spacial score (nSPS) is 16.0. The van der Waals surface area contributed by atoms with E-state index < -0.39 is 28.0 Å². The average molecular weight is 653 g/mol. The second-order valence-corrected chi connectivity index (χ2v) is 13.8. The molecular formula is C33H32N8O5S. The number of aliphatic imine (C=N–C) groups is 3. The van der Waals surface area contributed by atoms with Crippen LogP contribution >= 0.6 is 0 Å². The molecule has 14 heteroatoms. The highest BCUT2D eigenvalue weighted by atomic mass is 32.2. The number of carbonyl (C=O) groups is 2. The van der Waals surface area contributed by atoms with Crippen LogP contribution in [0, 0.1) is 0 Å². The van der Waals surface area contributed by atoms with Crippen molar-refractivity contribution in [1.82, 2.24) is 14.5 Å². The van der Waals surface area contributed by atoms with E-state index in [9.17, 15) is 18.0 Å². The number of amidine groups is 1. The maximum atomic E-state index is 13.4. The van der Waals surface area contributed by atoms with Crippen LogP contribution in [0.4, 0.5) is 16.3 Å². The molecule has 0 radical (unpaired) electrons. The number of hydrogen-bond donors (Lipinski definition) is 3. The Hall–Kier alpha value is -5.47. The minimum absolute atomic E-state index is 0.155. The summed E-state index contributed by atoms with van der Waals surface area (Å²) in [4.78, 5) is 37.4. The predicted molar refractivity (Wildman–Crippen MR) is 182 cm³/mol. The highest BCUT2D eigenvalue weighted by molar-refractivity contribution is 7.88. The standard InChI is InChI=1S/C33H32N8O5S/c1-33(2,3)27-17-28(41(40-27)21-11-9-20(10-12-21)19-47(44,45)34-4)38-32(43)37-24-13-14-25(23-8-6-5-7-22(23)24)46-26-15-16-35-31-30(26)36-18-29(42)39-31/h5-18,30,34H,19H2,1-4H3,(H2,37,38,43). The van der Waals surface area contributed by atoms with E-state index in [0.717, 1.165) is 22.7 Å². The minimum atomic E-state index is -3.43. The average Bonchev–Trinajstić information content (AvgIpc) is 3.46. The zero-order chi connectivity index (χ0) is 33.3. The fourth-order valence-corrected chi connectivity index (χ4v) is 5.78. The maximum absolute atomic E-state index is 13.4. The molecule has 240 valence electrons. The molecule has 3 amide bonds. The first-order chi connectivity index (χ1) is 22.4. The number of benzene rings is 3. The van der Waals surface area contributed by atoms with E-state index in [4.69, 9.17) is 9.84 Å². The number of fused-ring (bicyclic) bond motifs is 2. The van der Waals surface area contributed by atoms with Crippen LogP contribution < -0.4 is 20.1 Å². The number of urea groups is 1. The third-order valence-corrected chi connectivity index (χ3v) is 8.78. The van der Waals surface area contributed by atoms with Crippen molar-refractivity contribution in [2.75, 3.05) is 17.7 Å². The second-order valence-electron chi connectivity index (χ2n) is 11.9. The number of aromatic nitrogens is 2. The summed E-state index contributed by atoms with van der Waals surface area (Å²) >= 11 is 0. The molecule has 1 atom stereocenters. The van der Waals surface area contributed by atoms with Crippen LogP contribution in [0.15, 0.2) is 93.5 Å². The molecule has 0 saturated heterocycles. The van der Waals surface area contributed by atoms with E-state index in [2.05, 4.69) is 30.3 Å². The van der Waals surface area contributed by atoms with E-state index in [1.807, 2.05) is 51.1 Å². The molecule has 0 bridgehead atoms. The van der Waals surface area contributed by atoms with Gasteiger partial charge in [-0.25, -0.2) is 27.6 Å². The van der Waals surface area contributed by atoms with Gasteiger partial charge in [0.2, 0.25) is 10.0 Å². The lowest BCUT2D eigenvalue weighted by Gasteiger charge is -2.21. The first-order valence-electron chi connectivity index (χ1n) is 14.7. The van der Waals surface area contributed by atoms with Gasteiger partial charge in [-0.15, -0.1) is 0 Å². The lowest BCUT2D eigenvalue weighted by atomic mass is 9.92. The van der Waals surface area contributed by atoms with E-state index >= 15 is 0 Å². The molecule has 0 saturated carbocycles. The Kier molecular flexibility index (Phi) is 8.30. The monoisotopic (exact) mass is 652 g/mol. The van der Waals surface area contributed by atoms with Crippen LogP contribution in [0.1, 0.15) is 32.0 Å². The number of nitrogens with one attached hydrogen (secondary N) is 3. The topological polar surface area (TPSA) is 168 Å². The van der Waals surface area contributed by atoms with Crippen molar-refractivity contribution in [2.45, 2.75) is 38.0 Å². The summed E-state index contributed by atoms with van der Waals surface area (Å²) in [6.45, 7) is 6.07. The van der Waals surface area contributed by atoms with E-state index in [-0.39, 0.29) is 17.0 Å². The molecule has 1 aromatic heterocycles. The molecule has 3 aromatic carbocycles. The smallest absolute Gasteiger partial charge is 0.324 e. The van der Waals surface area contributed by atoms with E-state index in [0.29, 0.717) is 34.3 Å². The zero-order valence-corrected chi connectivity index (χ0v) is 26.9. The van der Waals surface area contributed by atoms with Gasteiger partial charge in [-0.1, -0.05) is 57.2 Å². The van der Waals surface area contributed by atoms with Gasteiger partial charge in [0, 0.05) is 28.5 Å². The lowest BCUT2D eigenvalue weighted by molar-refractivity contribution is -0.111. The van der Waals surface area contributed by atoms with Crippen molar-refractivity contribution in [3.8, 4) is 11.4 Å². The SMILES string of the molecule is CNS(=O)(=O)Cc1ccc(-n2nc(C(C)(C)C)cc2NC(=O)Nc2ccc(OC3=CC=NC4=NC(=O)C=NC34)c3ccccc23)cc1. The molecule has 0 spiro atoms. The van der Waals surface area contributed by atoms with Crippen molar-refractivity contribution in [1.29, 1.82) is 0 Å². The first-order valence-corrected chi connectivity index (χ1v) is 16.3. The summed E-state index contributed by atoms with van der Waals surface area (Å²) in [5, 5.41) is 12.1. The highest BCUT2D eigenvalue weighted by Crippen LogP contribution is 2.34. The van der Waals surface area contributed by atoms with Crippen LogP contribution in [0.25, 0.3) is 16.5 Å². The third kappa shape index (κ3) is 6.88. The number of dihydropyridines is 1. The van der Waals surface area contributed by atoms with E-state index in [1.165, 1.54) is 13.3 Å². The van der Waals surface area contributed by atoms with Gasteiger partial charge >= 0.3 is 6.03 Å². The fourth-order valence-electron chi connectivity index (χ4n) is 5.00. The van der Waals surface area contributed by atoms with Gasteiger partial charge in [0.25, 0.3) is 5.91 Å². The second kappa shape index (κ2) is 12.4. The van der Waals surface area contributed by atoms with Crippen LogP contribution in [0.3, 0.4) is 0 Å². The number of carbonyl (C=O) groups excluding carboxylic acids is 2. The number of rotatable bonds is 8. The summed E-state index contributed by atoms with van der Waals surface area (Å²) in [5.41, 5.74) is 2.25. The third-order valence-electron chi connectivity index (χ3n) is 7.45. The minimum Gasteiger partial charge on any atom is -0.458 e. The van der Waals surface area contributed by atoms with Crippen molar-refractivity contribution in [2.24, 2.45) is 15.0 Å². The number of hydrogen-bond acceptors (Lipinski definition) is 8. The molecule has 3 heterocycles. The Morgan fingerprint density at radius 2 is 1.74 bits per heavy atom. The van der Waals surface area contributed by atoms with Gasteiger partial charge in [0.1, 0.15) is 17.3 Å². The predicted octanol–water partition coefficient (Wildman–Crippen LogP) is 4.74. The number of ether oxygens (including phenoxy) is 1. The molecule has 13 nitrogen and oxygen atoms in total. The van der Waals surface area contributed by atoms with Crippen molar-refractivity contribution >= 4 is 62.5 Å². The Balaban J connectivity index is 1.25. The Bertz CT molecular complexity index is 2120. The fraction of sp³-hybridized carbons (Fsp3) is 0.212. The summed E-state index contributed by atoms with van der Waals surface area (Å²) in [6.07, 6.45) is 4.34. The molecule has 6 rings (SSSR count). The van der Waals surface area contributed by atoms with Gasteiger partial charge in [-0.3, -0.25) is 15.1 Å². The summed E-state index contributed by atoms with van der Waals surface area (Å²) in [7, 11) is -2.05. The Morgan fingerprint density at radius 1 is 1.00 bits per heavy atom. The highest BCUT2D eigenvalue weighted by Gasteiger charge is 2.28. The molecule has 0 fully saturated rings. The van der Waals surface area contributed by atoms with Crippen LogP contribution in [0.2, 0.25) is 0 Å². The van der Waals surface area contributed by atoms with Gasteiger partial charge in [-0.05, 0) is 43.0 Å². The maximum Gasteiger partial charge on any atom is 0.324 e. The molecule has 3 N–H and O–H groups in total. The van der Waals surface area contributed by atoms with Gasteiger partial charge in [-0.2, -0.15) is 10.1 Å². The Morgan fingerprint density at radius 3 is 2.47 bits per heavy atom. The quantitative estimate of drug-likeness (QED) is 0.248.